The summed E-state index contributed by atoms with van der Waals surface area (Å²) < 4.78 is 24.7. The molecule has 3 rings (SSSR count). The van der Waals surface area contributed by atoms with Gasteiger partial charge in [0.05, 0.1) is 17.3 Å². The summed E-state index contributed by atoms with van der Waals surface area (Å²) in [5.41, 5.74) is 2.15. The fourth-order valence-corrected chi connectivity index (χ4v) is 2.76. The van der Waals surface area contributed by atoms with Crippen LogP contribution in [0.1, 0.15) is 5.56 Å². The van der Waals surface area contributed by atoms with Gasteiger partial charge >= 0.3 is 0 Å². The number of hydrogen-bond donors (Lipinski definition) is 2. The number of aromatic amines is 1. The molecule has 7 heteroatoms. The molecule has 0 unspecified atom stereocenters. The number of aromatic nitrogens is 2. The maximum absolute atomic E-state index is 11.8. The molecule has 0 amide bonds. The minimum Gasteiger partial charge on any atom is -0.267 e. The van der Waals surface area contributed by atoms with Crippen molar-refractivity contribution in [3.05, 3.63) is 64.4 Å². The molecule has 1 heterocycles. The van der Waals surface area contributed by atoms with Gasteiger partial charge in [-0.25, -0.2) is 18.2 Å². The van der Waals surface area contributed by atoms with Crippen LogP contribution in [0.3, 0.4) is 0 Å². The molecule has 0 radical (unpaired) electrons. The van der Waals surface area contributed by atoms with Gasteiger partial charge in [0.1, 0.15) is 0 Å². The van der Waals surface area contributed by atoms with Crippen LogP contribution in [0.15, 0.2) is 53.3 Å². The number of rotatable bonds is 4. The molecule has 0 atom stereocenters. The second-order valence-electron chi connectivity index (χ2n) is 5.24. The lowest BCUT2D eigenvalue weighted by molar-refractivity contribution is 0.587. The largest absolute Gasteiger partial charge is 0.272 e. The second-order valence-corrected chi connectivity index (χ2v) is 7.07. The summed E-state index contributed by atoms with van der Waals surface area (Å²) >= 11 is 0. The van der Waals surface area contributed by atoms with E-state index < -0.39 is 10.0 Å². The number of nitrogens with zero attached hydrogens (tertiary/aromatic N) is 1. The van der Waals surface area contributed by atoms with Crippen LogP contribution in [-0.2, 0) is 16.6 Å². The highest BCUT2D eigenvalue weighted by molar-refractivity contribution is 7.88. The standard InChI is InChI=1S/C16H15N3O3S/c1-23(21,22)17-10-11-6-8-12(9-7-11)15-13-4-2-3-5-14(13)16(20)19-18-15/h2-9,17H,10H2,1H3,(H,19,20). The third kappa shape index (κ3) is 3.46. The van der Waals surface area contributed by atoms with Crippen molar-refractivity contribution in [3.8, 4) is 11.3 Å². The zero-order valence-corrected chi connectivity index (χ0v) is 13.2. The Morgan fingerprint density at radius 2 is 1.70 bits per heavy atom. The molecule has 6 nitrogen and oxygen atoms in total. The molecular weight excluding hydrogens is 314 g/mol. The van der Waals surface area contributed by atoms with Gasteiger partial charge in [-0.05, 0) is 11.6 Å². The molecule has 3 aromatic rings. The average Bonchev–Trinajstić information content (AvgIpc) is 2.54. The molecule has 2 aromatic carbocycles. The van der Waals surface area contributed by atoms with Gasteiger partial charge in [-0.3, -0.25) is 4.79 Å². The maximum Gasteiger partial charge on any atom is 0.272 e. The van der Waals surface area contributed by atoms with Crippen molar-refractivity contribution < 1.29 is 8.42 Å². The lowest BCUT2D eigenvalue weighted by atomic mass is 10.0. The van der Waals surface area contributed by atoms with E-state index >= 15 is 0 Å². The number of H-pyrrole nitrogens is 1. The summed E-state index contributed by atoms with van der Waals surface area (Å²) in [6, 6.07) is 14.6. The smallest absolute Gasteiger partial charge is 0.267 e. The molecule has 1 aromatic heterocycles. The Morgan fingerprint density at radius 1 is 1.04 bits per heavy atom. The first kappa shape index (κ1) is 15.4. The van der Waals surface area contributed by atoms with Gasteiger partial charge in [0.2, 0.25) is 10.0 Å². The monoisotopic (exact) mass is 329 g/mol. The molecule has 0 aliphatic rings. The Morgan fingerprint density at radius 3 is 2.35 bits per heavy atom. The molecule has 0 bridgehead atoms. The van der Waals surface area contributed by atoms with Gasteiger partial charge in [0.25, 0.3) is 5.56 Å². The van der Waals surface area contributed by atoms with Crippen LogP contribution in [0, 0.1) is 0 Å². The van der Waals surface area contributed by atoms with E-state index in [1.165, 1.54) is 0 Å². The highest BCUT2D eigenvalue weighted by Crippen LogP contribution is 2.24. The van der Waals surface area contributed by atoms with E-state index in [4.69, 9.17) is 0 Å². The van der Waals surface area contributed by atoms with Crippen molar-refractivity contribution >= 4 is 20.8 Å². The van der Waals surface area contributed by atoms with Gasteiger partial charge < -0.3 is 0 Å². The first-order valence-corrected chi connectivity index (χ1v) is 8.84. The van der Waals surface area contributed by atoms with Gasteiger partial charge in [0, 0.05) is 17.5 Å². The Bertz CT molecular complexity index is 1010. The molecule has 0 fully saturated rings. The highest BCUT2D eigenvalue weighted by Gasteiger charge is 2.08. The molecule has 2 N–H and O–H groups in total. The van der Waals surface area contributed by atoms with E-state index in [-0.39, 0.29) is 12.1 Å². The minimum atomic E-state index is -3.22. The van der Waals surface area contributed by atoms with Gasteiger partial charge in [-0.1, -0.05) is 42.5 Å². The van der Waals surface area contributed by atoms with Crippen LogP contribution in [0.5, 0.6) is 0 Å². The van der Waals surface area contributed by atoms with Crippen molar-refractivity contribution in [1.29, 1.82) is 0 Å². The van der Waals surface area contributed by atoms with E-state index in [1.807, 2.05) is 36.4 Å². The molecule has 0 spiro atoms. The van der Waals surface area contributed by atoms with E-state index in [2.05, 4.69) is 14.9 Å². The van der Waals surface area contributed by atoms with E-state index in [0.29, 0.717) is 11.1 Å². The molecule has 0 saturated carbocycles. The summed E-state index contributed by atoms with van der Waals surface area (Å²) in [5, 5.41) is 8.01. The third-order valence-corrected chi connectivity index (χ3v) is 4.13. The molecule has 118 valence electrons. The van der Waals surface area contributed by atoms with Crippen LogP contribution in [0.2, 0.25) is 0 Å². The SMILES string of the molecule is CS(=O)(=O)NCc1ccc(-c2n[nH]c(=O)c3ccccc23)cc1. The molecule has 0 saturated heterocycles. The predicted octanol–water partition coefficient (Wildman–Crippen LogP) is 1.64. The second kappa shape index (κ2) is 5.94. The lowest BCUT2D eigenvalue weighted by Gasteiger charge is -2.07. The summed E-state index contributed by atoms with van der Waals surface area (Å²) in [6.45, 7) is 0.235. The zero-order chi connectivity index (χ0) is 16.4. The highest BCUT2D eigenvalue weighted by atomic mass is 32.2. The molecule has 0 aliphatic heterocycles. The van der Waals surface area contributed by atoms with Crippen molar-refractivity contribution in [2.24, 2.45) is 0 Å². The Balaban J connectivity index is 1.97. The van der Waals surface area contributed by atoms with Crippen molar-refractivity contribution in [2.45, 2.75) is 6.54 Å². The van der Waals surface area contributed by atoms with Crippen molar-refractivity contribution in [2.75, 3.05) is 6.26 Å². The topological polar surface area (TPSA) is 91.9 Å². The normalized spacial score (nSPS) is 11.7. The summed E-state index contributed by atoms with van der Waals surface area (Å²) in [4.78, 5) is 11.8. The lowest BCUT2D eigenvalue weighted by Crippen LogP contribution is -2.21. The first-order valence-electron chi connectivity index (χ1n) is 6.95. The van der Waals surface area contributed by atoms with Gasteiger partial charge in [0.15, 0.2) is 0 Å². The minimum absolute atomic E-state index is 0.224. The van der Waals surface area contributed by atoms with Crippen LogP contribution >= 0.6 is 0 Å². The molecular formula is C16H15N3O3S. The molecule has 23 heavy (non-hydrogen) atoms. The first-order chi connectivity index (χ1) is 10.9. The van der Waals surface area contributed by atoms with E-state index in [0.717, 1.165) is 22.8 Å². The maximum atomic E-state index is 11.8. The number of hydrogen-bond acceptors (Lipinski definition) is 4. The Hall–Kier alpha value is -2.51. The third-order valence-electron chi connectivity index (χ3n) is 3.46. The van der Waals surface area contributed by atoms with E-state index in [1.54, 1.807) is 12.1 Å². The van der Waals surface area contributed by atoms with Crippen molar-refractivity contribution in [1.82, 2.24) is 14.9 Å². The van der Waals surface area contributed by atoms with Gasteiger partial charge in [-0.2, -0.15) is 5.10 Å². The number of sulfonamides is 1. The Labute approximate surface area is 133 Å². The van der Waals surface area contributed by atoms with Crippen LogP contribution in [0.25, 0.3) is 22.0 Å². The van der Waals surface area contributed by atoms with Gasteiger partial charge in [-0.15, -0.1) is 0 Å². The summed E-state index contributed by atoms with van der Waals surface area (Å²) in [5.74, 6) is 0. The quantitative estimate of drug-likeness (QED) is 0.761. The fraction of sp³-hybridized carbons (Fsp3) is 0.125. The number of fused-ring (bicyclic) bond motifs is 1. The average molecular weight is 329 g/mol. The zero-order valence-electron chi connectivity index (χ0n) is 12.4. The van der Waals surface area contributed by atoms with Crippen LogP contribution in [-0.4, -0.2) is 24.9 Å². The fourth-order valence-electron chi connectivity index (χ4n) is 2.33. The summed E-state index contributed by atoms with van der Waals surface area (Å²) in [7, 11) is -3.22. The number of nitrogens with one attached hydrogen (secondary N) is 2. The van der Waals surface area contributed by atoms with Crippen LogP contribution in [0.4, 0.5) is 0 Å². The predicted molar refractivity (Wildman–Crippen MR) is 89.5 cm³/mol. The van der Waals surface area contributed by atoms with Crippen LogP contribution < -0.4 is 10.3 Å². The Kier molecular flexibility index (Phi) is 3.97. The number of benzene rings is 2. The molecule has 0 aliphatic carbocycles. The summed E-state index contributed by atoms with van der Waals surface area (Å²) in [6.07, 6.45) is 1.12. The van der Waals surface area contributed by atoms with E-state index in [9.17, 15) is 13.2 Å². The van der Waals surface area contributed by atoms with Crippen molar-refractivity contribution in [3.63, 3.8) is 0 Å².